The monoisotopic (exact) mass is 363 g/mol. The summed E-state index contributed by atoms with van der Waals surface area (Å²) in [7, 11) is 0. The van der Waals surface area contributed by atoms with Crippen molar-refractivity contribution >= 4 is 29.0 Å². The first-order valence-corrected chi connectivity index (χ1v) is 9.51. The topological polar surface area (TPSA) is 54.0 Å². The van der Waals surface area contributed by atoms with E-state index < -0.39 is 0 Å². The molecule has 1 aromatic carbocycles. The maximum Gasteiger partial charge on any atom is 0.315 e. The minimum atomic E-state index is -0.264. The van der Waals surface area contributed by atoms with E-state index in [0.717, 1.165) is 35.5 Å². The van der Waals surface area contributed by atoms with Crippen LogP contribution in [0.1, 0.15) is 55.3 Å². The number of hydrogen-bond acceptors (Lipinski definition) is 3. The van der Waals surface area contributed by atoms with E-state index in [1.807, 2.05) is 29.6 Å². The van der Waals surface area contributed by atoms with Gasteiger partial charge in [0.25, 0.3) is 0 Å². The summed E-state index contributed by atoms with van der Waals surface area (Å²) >= 11 is 7.61. The van der Waals surface area contributed by atoms with Gasteiger partial charge in [-0.15, -0.1) is 11.3 Å². The second-order valence-electron chi connectivity index (χ2n) is 6.58. The van der Waals surface area contributed by atoms with Crippen LogP contribution in [0.2, 0.25) is 5.02 Å². The molecular formula is C18H22ClN3OS. The van der Waals surface area contributed by atoms with Gasteiger partial charge in [0, 0.05) is 16.3 Å². The van der Waals surface area contributed by atoms with Crippen molar-refractivity contribution in [2.45, 2.75) is 51.1 Å². The summed E-state index contributed by atoms with van der Waals surface area (Å²) in [6, 6.07) is 7.59. The van der Waals surface area contributed by atoms with Gasteiger partial charge < -0.3 is 10.6 Å². The first-order valence-electron chi connectivity index (χ1n) is 8.25. The first kappa shape index (κ1) is 17.2. The Hall–Kier alpha value is -1.59. The normalized spacial score (nSPS) is 15.8. The molecule has 0 atom stereocenters. The average molecular weight is 364 g/mol. The molecule has 1 aromatic heterocycles. The number of nitrogens with zero attached hydrogens (tertiary/aromatic N) is 1. The molecular weight excluding hydrogens is 342 g/mol. The third kappa shape index (κ3) is 3.73. The van der Waals surface area contributed by atoms with Crippen LogP contribution >= 0.6 is 22.9 Å². The van der Waals surface area contributed by atoms with Gasteiger partial charge in [-0.25, -0.2) is 9.78 Å². The van der Waals surface area contributed by atoms with Gasteiger partial charge in [0.1, 0.15) is 0 Å². The van der Waals surface area contributed by atoms with Crippen molar-refractivity contribution in [2.24, 2.45) is 0 Å². The summed E-state index contributed by atoms with van der Waals surface area (Å²) in [5, 5.41) is 9.89. The summed E-state index contributed by atoms with van der Waals surface area (Å²) in [6.07, 6.45) is 3.03. The van der Waals surface area contributed by atoms with E-state index >= 15 is 0 Å². The van der Waals surface area contributed by atoms with Crippen LogP contribution in [-0.2, 0) is 12.1 Å². The molecule has 1 heterocycles. The highest BCUT2D eigenvalue weighted by Crippen LogP contribution is 2.41. The number of carbonyl (C=O) groups is 1. The number of halogens is 1. The molecule has 1 saturated carbocycles. The van der Waals surface area contributed by atoms with Crippen LogP contribution in [0, 0.1) is 0 Å². The van der Waals surface area contributed by atoms with Crippen molar-refractivity contribution in [2.75, 3.05) is 0 Å². The summed E-state index contributed by atoms with van der Waals surface area (Å²) in [5.41, 5.74) is 1.76. The molecule has 128 valence electrons. The largest absolute Gasteiger partial charge is 0.332 e. The Morgan fingerprint density at radius 1 is 1.33 bits per heavy atom. The van der Waals surface area contributed by atoms with E-state index in [1.165, 1.54) is 0 Å². The standard InChI is InChI=1S/C18H22ClN3OS/c1-12(2)16-21-15(11-24-16)10-20-17(23)22-18(8-3-9-18)13-4-6-14(19)7-5-13/h4-7,11-12H,3,8-10H2,1-2H3,(H2,20,22,23). The fourth-order valence-corrected chi connectivity index (χ4v) is 3.85. The minimum Gasteiger partial charge on any atom is -0.332 e. The zero-order chi connectivity index (χ0) is 17.2. The van der Waals surface area contributed by atoms with Crippen LogP contribution in [-0.4, -0.2) is 11.0 Å². The number of urea groups is 1. The molecule has 3 rings (SSSR count). The third-order valence-corrected chi connectivity index (χ3v) is 5.90. The molecule has 2 N–H and O–H groups in total. The predicted octanol–water partition coefficient (Wildman–Crippen LogP) is 4.80. The number of hydrogen-bond donors (Lipinski definition) is 2. The Morgan fingerprint density at radius 2 is 2.04 bits per heavy atom. The van der Waals surface area contributed by atoms with Gasteiger partial charge in [-0.2, -0.15) is 0 Å². The van der Waals surface area contributed by atoms with Crippen molar-refractivity contribution < 1.29 is 4.79 Å². The molecule has 1 fully saturated rings. The molecule has 1 aliphatic rings. The SMILES string of the molecule is CC(C)c1nc(CNC(=O)NC2(c3ccc(Cl)cc3)CCC2)cs1. The van der Waals surface area contributed by atoms with E-state index in [1.54, 1.807) is 11.3 Å². The van der Waals surface area contributed by atoms with E-state index in [2.05, 4.69) is 29.5 Å². The summed E-state index contributed by atoms with van der Waals surface area (Å²) in [4.78, 5) is 16.9. The zero-order valence-corrected chi connectivity index (χ0v) is 15.5. The van der Waals surface area contributed by atoms with Gasteiger partial charge in [-0.1, -0.05) is 37.6 Å². The lowest BCUT2D eigenvalue weighted by Crippen LogP contribution is -2.53. The van der Waals surface area contributed by atoms with Crippen LogP contribution in [0.15, 0.2) is 29.6 Å². The second kappa shape index (κ2) is 7.11. The lowest BCUT2D eigenvalue weighted by molar-refractivity contribution is 0.177. The van der Waals surface area contributed by atoms with E-state index in [-0.39, 0.29) is 11.6 Å². The summed E-state index contributed by atoms with van der Waals surface area (Å²) in [5.74, 6) is 0.417. The van der Waals surface area contributed by atoms with Crippen molar-refractivity contribution in [3.8, 4) is 0 Å². The molecule has 2 aromatic rings. The lowest BCUT2D eigenvalue weighted by atomic mass is 9.72. The van der Waals surface area contributed by atoms with Gasteiger partial charge in [-0.3, -0.25) is 0 Å². The van der Waals surface area contributed by atoms with Crippen molar-refractivity contribution in [1.29, 1.82) is 0 Å². The quantitative estimate of drug-likeness (QED) is 0.801. The maximum absolute atomic E-state index is 12.3. The van der Waals surface area contributed by atoms with Gasteiger partial charge >= 0.3 is 6.03 Å². The Bertz CT molecular complexity index is 707. The molecule has 24 heavy (non-hydrogen) atoms. The van der Waals surface area contributed by atoms with Gasteiger partial charge in [0.15, 0.2) is 0 Å². The van der Waals surface area contributed by atoms with Crippen LogP contribution in [0.3, 0.4) is 0 Å². The molecule has 1 aliphatic carbocycles. The predicted molar refractivity (Wildman–Crippen MR) is 98.6 cm³/mol. The smallest absolute Gasteiger partial charge is 0.315 e. The van der Waals surface area contributed by atoms with Crippen molar-refractivity contribution in [1.82, 2.24) is 15.6 Å². The van der Waals surface area contributed by atoms with E-state index in [0.29, 0.717) is 17.5 Å². The molecule has 0 radical (unpaired) electrons. The molecule has 2 amide bonds. The highest BCUT2D eigenvalue weighted by Gasteiger charge is 2.39. The van der Waals surface area contributed by atoms with Crippen molar-refractivity contribution in [3.05, 3.63) is 50.9 Å². The summed E-state index contributed by atoms with van der Waals surface area (Å²) in [6.45, 7) is 4.69. The number of rotatable bonds is 5. The number of carbonyl (C=O) groups excluding carboxylic acids is 1. The maximum atomic E-state index is 12.3. The third-order valence-electron chi connectivity index (χ3n) is 4.45. The van der Waals surface area contributed by atoms with Crippen LogP contribution in [0.5, 0.6) is 0 Å². The Morgan fingerprint density at radius 3 is 2.58 bits per heavy atom. The number of aromatic nitrogens is 1. The molecule has 6 heteroatoms. The van der Waals surface area contributed by atoms with Crippen LogP contribution in [0.4, 0.5) is 4.79 Å². The number of amides is 2. The molecule has 0 bridgehead atoms. The Balaban J connectivity index is 1.59. The molecule has 0 aliphatic heterocycles. The van der Waals surface area contributed by atoms with Gasteiger partial charge in [-0.05, 0) is 37.0 Å². The average Bonchev–Trinajstić information content (AvgIpc) is 2.99. The number of thiazole rings is 1. The first-order chi connectivity index (χ1) is 11.5. The summed E-state index contributed by atoms with van der Waals surface area (Å²) < 4.78 is 0. The van der Waals surface area contributed by atoms with E-state index in [9.17, 15) is 4.79 Å². The zero-order valence-electron chi connectivity index (χ0n) is 13.9. The fourth-order valence-electron chi connectivity index (χ4n) is 2.89. The number of benzene rings is 1. The van der Waals surface area contributed by atoms with Gasteiger partial charge in [0.05, 0.1) is 22.8 Å². The lowest BCUT2D eigenvalue weighted by Gasteiger charge is -2.43. The van der Waals surface area contributed by atoms with Crippen molar-refractivity contribution in [3.63, 3.8) is 0 Å². The highest BCUT2D eigenvalue weighted by atomic mass is 35.5. The van der Waals surface area contributed by atoms with E-state index in [4.69, 9.17) is 11.6 Å². The van der Waals surface area contributed by atoms with Gasteiger partial charge in [0.2, 0.25) is 0 Å². The molecule has 0 saturated heterocycles. The second-order valence-corrected chi connectivity index (χ2v) is 7.91. The molecule has 0 spiro atoms. The Kier molecular flexibility index (Phi) is 5.11. The highest BCUT2D eigenvalue weighted by molar-refractivity contribution is 7.09. The van der Waals surface area contributed by atoms with Crippen LogP contribution in [0.25, 0.3) is 0 Å². The fraction of sp³-hybridized carbons (Fsp3) is 0.444. The van der Waals surface area contributed by atoms with Crippen LogP contribution < -0.4 is 10.6 Å². The minimum absolute atomic E-state index is 0.149. The molecule has 0 unspecified atom stereocenters. The number of nitrogens with one attached hydrogen (secondary N) is 2. The Labute approximate surface area is 151 Å². The molecule has 4 nitrogen and oxygen atoms in total.